The lowest BCUT2D eigenvalue weighted by molar-refractivity contribution is -0.138. The number of hydrogen-bond acceptors (Lipinski definition) is 18. The zero-order valence-corrected chi connectivity index (χ0v) is 50.1. The molecule has 0 bridgehead atoms. The van der Waals surface area contributed by atoms with Gasteiger partial charge < -0.3 is 74.0 Å². The molecule has 468 valence electrons. The Balaban J connectivity index is 1.56. The van der Waals surface area contributed by atoms with Crippen LogP contribution >= 0.6 is 0 Å². The number of amides is 4. The van der Waals surface area contributed by atoms with E-state index in [0.29, 0.717) is 99.8 Å². The van der Waals surface area contributed by atoms with Crippen molar-refractivity contribution in [2.75, 3.05) is 54.6 Å². The van der Waals surface area contributed by atoms with Crippen LogP contribution in [0.5, 0.6) is 23.0 Å². The second-order valence-corrected chi connectivity index (χ2v) is 21.1. The summed E-state index contributed by atoms with van der Waals surface area (Å²) in [4.78, 5) is 123. The molecule has 4 rings (SSSR count). The van der Waals surface area contributed by atoms with Crippen molar-refractivity contribution in [2.45, 2.75) is 140 Å². The predicted molar refractivity (Wildman–Crippen MR) is 325 cm³/mol. The Morgan fingerprint density at radius 3 is 0.907 bits per heavy atom. The highest BCUT2D eigenvalue weighted by atomic mass is 16.5. The van der Waals surface area contributed by atoms with Crippen molar-refractivity contribution in [3.63, 3.8) is 0 Å². The molecule has 23 nitrogen and oxygen atoms in total. The van der Waals surface area contributed by atoms with E-state index in [1.54, 1.807) is 36.4 Å². The molecule has 23 heteroatoms. The molecule has 0 radical (unpaired) electrons. The third-order valence-electron chi connectivity index (χ3n) is 14.6. The second kappa shape index (κ2) is 36.7. The quantitative estimate of drug-likeness (QED) is 0.0284. The maximum absolute atomic E-state index is 14.4. The van der Waals surface area contributed by atoms with Gasteiger partial charge in [0.15, 0.2) is 23.1 Å². The average Bonchev–Trinajstić information content (AvgIpc) is 2.30. The molecule has 0 aliphatic carbocycles. The summed E-state index contributed by atoms with van der Waals surface area (Å²) in [6.07, 6.45) is 5.08. The molecule has 4 aromatic carbocycles. The number of benzene rings is 4. The van der Waals surface area contributed by atoms with Crippen molar-refractivity contribution in [1.82, 2.24) is 21.3 Å². The fourth-order valence-electron chi connectivity index (χ4n) is 9.61. The van der Waals surface area contributed by atoms with Crippen LogP contribution in [-0.2, 0) is 49.7 Å². The largest absolute Gasteiger partial charge is 0.496 e. The fourth-order valence-corrected chi connectivity index (χ4v) is 9.61. The molecule has 5 atom stereocenters. The number of ketones is 4. The molecule has 15 N–H and O–H groups in total. The van der Waals surface area contributed by atoms with Crippen molar-refractivity contribution in [1.29, 1.82) is 0 Å². The predicted octanol–water partition coefficient (Wildman–Crippen LogP) is 3.61. The first kappa shape index (κ1) is 70.4. The van der Waals surface area contributed by atoms with Gasteiger partial charge in [-0.2, -0.15) is 0 Å². The Kier molecular flexibility index (Phi) is 30.0. The number of carboxylic acid groups (broad SMARTS) is 1. The van der Waals surface area contributed by atoms with E-state index in [9.17, 15) is 48.3 Å². The maximum Gasteiger partial charge on any atom is 0.325 e. The van der Waals surface area contributed by atoms with Crippen LogP contribution in [0, 0.1) is 0 Å². The Bertz CT molecular complexity index is 2970. The van der Waals surface area contributed by atoms with Gasteiger partial charge in [0.2, 0.25) is 0 Å². The van der Waals surface area contributed by atoms with E-state index in [1.165, 1.54) is 71.8 Å². The summed E-state index contributed by atoms with van der Waals surface area (Å²) in [6.45, 7) is 2.84. The van der Waals surface area contributed by atoms with Crippen LogP contribution in [0.2, 0.25) is 0 Å². The van der Waals surface area contributed by atoms with E-state index < -0.39 is 71.4 Å². The second-order valence-electron chi connectivity index (χ2n) is 21.1. The normalized spacial score (nSPS) is 12.8. The molecule has 4 amide bonds. The minimum absolute atomic E-state index is 0.0133. The molecular weight excluding hydrogens is 1110 g/mol. The van der Waals surface area contributed by atoms with Gasteiger partial charge in [0.05, 0.1) is 74.9 Å². The third kappa shape index (κ3) is 21.8. The first-order chi connectivity index (χ1) is 41.2. The molecule has 86 heavy (non-hydrogen) atoms. The SMILES string of the molecule is COc1ccc(CC(=O)[C@H](CCCCN)NC(=O)c2cc(CC(=O)[C@H](CCCCN)NC(=O)c3cc(CC(=O)[C@H](CCCCN)NC(=O)c4cc(CC(=O)[C@@H](N)CCCCN)ccc4OC)ccc3OC)ccc2OC)cc1C(=O)N[C@@H](C)C(=O)O. The van der Waals surface area contributed by atoms with E-state index >= 15 is 0 Å². The first-order valence-electron chi connectivity index (χ1n) is 29.1. The van der Waals surface area contributed by atoms with Gasteiger partial charge in [0.25, 0.3) is 23.6 Å². The number of carboxylic acids is 1. The summed E-state index contributed by atoms with van der Waals surface area (Å²) >= 11 is 0. The Hall–Kier alpha value is -8.09. The number of Topliss-reactive ketones (excluding diaryl/α,β-unsaturated/α-hetero) is 4. The van der Waals surface area contributed by atoms with E-state index in [0.717, 1.165) is 6.42 Å². The number of nitrogens with one attached hydrogen (secondary N) is 4. The van der Waals surface area contributed by atoms with Crippen LogP contribution in [0.3, 0.4) is 0 Å². The van der Waals surface area contributed by atoms with Crippen molar-refractivity contribution in [2.24, 2.45) is 28.7 Å². The summed E-state index contributed by atoms with van der Waals surface area (Å²) < 4.78 is 22.0. The molecule has 4 aromatic rings. The molecule has 0 heterocycles. The monoisotopic (exact) mass is 1190 g/mol. The standard InChI is InChI=1S/C63H87N9O14/c1-38(63(81)82)69-59(77)43-31-40(19-23-55(43)83-2)35-52(74)48(15-7-11-27-65)71-61(79)45-33-42(21-25-57(45)85-4)37-54(76)50(17-9-13-29-67)72-62(80)46-32-41(20-24-58(46)86-5)36-53(75)49(16-8-12-28-66)70-60(78)44-30-39(18-22-56(44)84-3)34-51(73)47(68)14-6-10-26-64/h18-25,30-33,38,47-50H,6-17,26-29,34-37,64-68H2,1-5H3,(H,69,77)(H,70,78)(H,71,79)(H,72,80)(H,81,82)/t38-,47-,48-,49-,50-/m0/s1. The zero-order valence-electron chi connectivity index (χ0n) is 50.1. The summed E-state index contributed by atoms with van der Waals surface area (Å²) in [5, 5.41) is 20.3. The van der Waals surface area contributed by atoms with E-state index in [2.05, 4.69) is 21.3 Å². The van der Waals surface area contributed by atoms with E-state index in [1.807, 2.05) is 0 Å². The number of ether oxygens (including phenoxy) is 4. The fraction of sp³-hybridized carbons (Fsp3) is 0.476. The van der Waals surface area contributed by atoms with Crippen molar-refractivity contribution >= 4 is 52.7 Å². The van der Waals surface area contributed by atoms with Crippen LogP contribution in [0.15, 0.2) is 72.8 Å². The summed E-state index contributed by atoms with van der Waals surface area (Å²) in [6, 6.07) is 13.6. The van der Waals surface area contributed by atoms with Crippen molar-refractivity contribution in [3.8, 4) is 23.0 Å². The summed E-state index contributed by atoms with van der Waals surface area (Å²) in [5.41, 5.74) is 31.1. The van der Waals surface area contributed by atoms with Gasteiger partial charge in [-0.05, 0) is 175 Å². The van der Waals surface area contributed by atoms with Crippen LogP contribution < -0.4 is 68.9 Å². The lowest BCUT2D eigenvalue weighted by Crippen LogP contribution is -2.42. The number of carbonyl (C=O) groups excluding carboxylic acids is 8. The van der Waals surface area contributed by atoms with Gasteiger partial charge in [-0.1, -0.05) is 30.7 Å². The minimum atomic E-state index is -1.24. The Labute approximate surface area is 502 Å². The van der Waals surface area contributed by atoms with E-state index in [4.69, 9.17) is 47.6 Å². The molecule has 0 aliphatic rings. The summed E-state index contributed by atoms with van der Waals surface area (Å²) in [7, 11) is 5.50. The number of methoxy groups -OCH3 is 4. The topological polar surface area (TPSA) is 389 Å². The lowest BCUT2D eigenvalue weighted by atomic mass is 9.95. The highest BCUT2D eigenvalue weighted by Gasteiger charge is 2.29. The highest BCUT2D eigenvalue weighted by molar-refractivity contribution is 6.04. The number of carbonyl (C=O) groups is 9. The molecule has 0 saturated carbocycles. The van der Waals surface area contributed by atoms with Crippen LogP contribution in [0.25, 0.3) is 0 Å². The Morgan fingerprint density at radius 1 is 0.395 bits per heavy atom. The molecule has 0 aliphatic heterocycles. The van der Waals surface area contributed by atoms with Crippen LogP contribution in [0.4, 0.5) is 0 Å². The smallest absolute Gasteiger partial charge is 0.325 e. The molecule has 0 spiro atoms. The average molecular weight is 1190 g/mol. The number of nitrogens with two attached hydrogens (primary N) is 5. The van der Waals surface area contributed by atoms with Gasteiger partial charge >= 0.3 is 5.97 Å². The highest BCUT2D eigenvalue weighted by Crippen LogP contribution is 2.27. The minimum Gasteiger partial charge on any atom is -0.496 e. The number of unbranched alkanes of at least 4 members (excludes halogenated alkanes) is 4. The molecular formula is C63H87N9O14. The van der Waals surface area contributed by atoms with Gasteiger partial charge in [0, 0.05) is 25.7 Å². The molecule has 0 saturated heterocycles. The van der Waals surface area contributed by atoms with E-state index in [-0.39, 0.29) is 102 Å². The van der Waals surface area contributed by atoms with Crippen molar-refractivity contribution < 1.29 is 67.2 Å². The van der Waals surface area contributed by atoms with Gasteiger partial charge in [-0.25, -0.2) is 0 Å². The molecule has 0 aromatic heterocycles. The number of rotatable bonds is 41. The molecule has 0 fully saturated rings. The zero-order chi connectivity index (χ0) is 63.3. The van der Waals surface area contributed by atoms with Gasteiger partial charge in [-0.3, -0.25) is 43.2 Å². The first-order valence-corrected chi connectivity index (χ1v) is 29.1. The number of aliphatic carboxylic acids is 1. The maximum atomic E-state index is 14.4. The number of hydrogen-bond donors (Lipinski definition) is 10. The van der Waals surface area contributed by atoms with Crippen molar-refractivity contribution in [3.05, 3.63) is 117 Å². The van der Waals surface area contributed by atoms with Crippen LogP contribution in [-0.4, -0.2) is 143 Å². The third-order valence-corrected chi connectivity index (χ3v) is 14.6. The Morgan fingerprint density at radius 2 is 0.651 bits per heavy atom. The van der Waals surface area contributed by atoms with Crippen LogP contribution in [0.1, 0.15) is 148 Å². The molecule has 0 unspecified atom stereocenters. The van der Waals surface area contributed by atoms with Gasteiger partial charge in [0.1, 0.15) is 29.0 Å². The van der Waals surface area contributed by atoms with Gasteiger partial charge in [-0.15, -0.1) is 0 Å². The lowest BCUT2D eigenvalue weighted by Gasteiger charge is -2.21. The summed E-state index contributed by atoms with van der Waals surface area (Å²) in [5.74, 6) is -4.54.